The molecule has 0 spiro atoms. The van der Waals surface area contributed by atoms with Crippen molar-refractivity contribution in [1.29, 1.82) is 0 Å². The third-order valence-electron chi connectivity index (χ3n) is 7.53. The summed E-state index contributed by atoms with van der Waals surface area (Å²) >= 11 is 0. The van der Waals surface area contributed by atoms with Crippen molar-refractivity contribution in [3.05, 3.63) is 65.4 Å². The molecule has 1 aliphatic carbocycles. The first-order valence-corrected chi connectivity index (χ1v) is 14.2. The largest absolute Gasteiger partial charge is 0.497 e. The van der Waals surface area contributed by atoms with E-state index in [9.17, 15) is 18.0 Å². The number of rotatable bonds is 7. The highest BCUT2D eigenvalue weighted by Gasteiger charge is 2.41. The molecular weight excluding hydrogens is 492 g/mol. The van der Waals surface area contributed by atoms with Crippen LogP contribution in [0.25, 0.3) is 5.69 Å². The van der Waals surface area contributed by atoms with Crippen LogP contribution in [0.15, 0.2) is 53.6 Å². The molecule has 1 aliphatic heterocycles. The van der Waals surface area contributed by atoms with Crippen molar-refractivity contribution >= 4 is 27.3 Å². The van der Waals surface area contributed by atoms with Crippen LogP contribution in [-0.2, 0) is 26.5 Å². The van der Waals surface area contributed by atoms with Gasteiger partial charge in [0.1, 0.15) is 11.4 Å². The summed E-state index contributed by atoms with van der Waals surface area (Å²) in [5, 5.41) is 7.03. The van der Waals surface area contributed by atoms with Gasteiger partial charge in [-0.2, -0.15) is 5.10 Å². The van der Waals surface area contributed by atoms with Crippen LogP contribution in [0.1, 0.15) is 47.3 Å². The van der Waals surface area contributed by atoms with Gasteiger partial charge in [0.05, 0.1) is 12.8 Å². The monoisotopic (exact) mass is 522 g/mol. The van der Waals surface area contributed by atoms with Crippen LogP contribution < -0.4 is 15.0 Å². The Morgan fingerprint density at radius 1 is 1.08 bits per heavy atom. The number of fused-ring (bicyclic) bond motifs is 1. The normalized spacial score (nSPS) is 16.6. The average molecular weight is 523 g/mol. The maximum absolute atomic E-state index is 13.8. The van der Waals surface area contributed by atoms with E-state index in [1.165, 1.54) is 4.68 Å². The second-order valence-corrected chi connectivity index (χ2v) is 11.7. The Hall–Kier alpha value is -3.66. The van der Waals surface area contributed by atoms with Gasteiger partial charge in [0.2, 0.25) is 5.91 Å². The van der Waals surface area contributed by atoms with Gasteiger partial charge in [-0.05, 0) is 61.2 Å². The van der Waals surface area contributed by atoms with Crippen LogP contribution >= 0.6 is 0 Å². The molecule has 1 N–H and O–H groups in total. The smallest absolute Gasteiger partial charge is 0.277 e. The van der Waals surface area contributed by atoms with E-state index in [-0.39, 0.29) is 27.9 Å². The predicted octanol–water partition coefficient (Wildman–Crippen LogP) is 3.05. The third-order valence-corrected chi connectivity index (χ3v) is 8.56. The molecule has 0 unspecified atom stereocenters. The predicted molar refractivity (Wildman–Crippen MR) is 139 cm³/mol. The number of carbonyl (C=O) groups is 2. The third kappa shape index (κ3) is 4.39. The lowest BCUT2D eigenvalue weighted by molar-refractivity contribution is -0.122. The Balaban J connectivity index is 1.50. The molecule has 0 saturated heterocycles. The van der Waals surface area contributed by atoms with Crippen molar-refractivity contribution in [2.45, 2.75) is 42.5 Å². The van der Waals surface area contributed by atoms with Crippen LogP contribution in [0.2, 0.25) is 0 Å². The molecule has 2 heterocycles. The zero-order valence-corrected chi connectivity index (χ0v) is 22.0. The maximum Gasteiger partial charge on any atom is 0.277 e. The highest BCUT2D eigenvalue weighted by Crippen LogP contribution is 2.47. The number of hydrogen-bond acceptors (Lipinski definition) is 6. The molecule has 2 aliphatic rings. The van der Waals surface area contributed by atoms with E-state index in [1.54, 1.807) is 43.3 Å². The van der Waals surface area contributed by atoms with Gasteiger partial charge in [-0.3, -0.25) is 9.59 Å². The molecule has 1 aromatic heterocycles. The topological polar surface area (TPSA) is 111 Å². The van der Waals surface area contributed by atoms with Crippen molar-refractivity contribution < 1.29 is 22.7 Å². The minimum atomic E-state index is -3.64. The molecule has 0 bridgehead atoms. The molecule has 1 fully saturated rings. The number of sulfone groups is 1. The molecule has 10 heteroatoms. The number of nitrogens with one attached hydrogen (secondary N) is 1. The summed E-state index contributed by atoms with van der Waals surface area (Å²) in [6.07, 6.45) is 4.93. The van der Waals surface area contributed by atoms with Crippen molar-refractivity contribution in [3.63, 3.8) is 0 Å². The number of methoxy groups -OCH3 is 1. The van der Waals surface area contributed by atoms with Gasteiger partial charge in [0.15, 0.2) is 14.9 Å². The summed E-state index contributed by atoms with van der Waals surface area (Å²) in [6, 6.07) is 14.8. The van der Waals surface area contributed by atoms with Crippen LogP contribution in [-0.4, -0.2) is 57.0 Å². The van der Waals surface area contributed by atoms with E-state index < -0.39 is 9.84 Å². The molecule has 0 atom stereocenters. The number of amides is 2. The molecule has 9 nitrogen and oxygen atoms in total. The van der Waals surface area contributed by atoms with Gasteiger partial charge in [-0.25, -0.2) is 13.1 Å². The minimum Gasteiger partial charge on any atom is -0.497 e. The summed E-state index contributed by atoms with van der Waals surface area (Å²) < 4.78 is 31.7. The number of hydrogen-bond donors (Lipinski definition) is 1. The number of anilines is 1. The number of nitrogens with zero attached hydrogens (tertiary/aromatic N) is 3. The van der Waals surface area contributed by atoms with E-state index in [0.717, 1.165) is 36.8 Å². The van der Waals surface area contributed by atoms with Gasteiger partial charge >= 0.3 is 0 Å². The Morgan fingerprint density at radius 3 is 2.27 bits per heavy atom. The van der Waals surface area contributed by atoms with Crippen molar-refractivity contribution in [2.24, 2.45) is 0 Å². The van der Waals surface area contributed by atoms with Crippen LogP contribution in [0.3, 0.4) is 0 Å². The first-order chi connectivity index (χ1) is 17.7. The highest BCUT2D eigenvalue weighted by atomic mass is 32.2. The van der Waals surface area contributed by atoms with Gasteiger partial charge in [0.25, 0.3) is 5.91 Å². The number of aromatic nitrogens is 2. The molecule has 1 saturated carbocycles. The quantitative estimate of drug-likeness (QED) is 0.511. The Kier molecular flexibility index (Phi) is 6.31. The van der Waals surface area contributed by atoms with Crippen molar-refractivity contribution in [2.75, 3.05) is 31.9 Å². The van der Waals surface area contributed by atoms with Crippen molar-refractivity contribution in [1.82, 2.24) is 15.1 Å². The molecule has 37 heavy (non-hydrogen) atoms. The van der Waals surface area contributed by atoms with Gasteiger partial charge in [-0.1, -0.05) is 18.6 Å². The molecule has 0 radical (unpaired) electrons. The molecular formula is C27H30N4O5S. The van der Waals surface area contributed by atoms with Crippen LogP contribution in [0.4, 0.5) is 5.69 Å². The standard InChI is InChI=1S/C27H30N4O5S/c1-28-23(32)17-27(14-4-15-27)18-5-7-19(8-6-18)30-16-13-22-24(26(30)33)31(29-25(22)37(3,34)35)20-9-11-21(36-2)12-10-20/h5-12H,4,13-17H2,1-3H3,(H,28,32). The number of ether oxygens (including phenoxy) is 1. The SMILES string of the molecule is CNC(=O)CC1(c2ccc(N3CCc4c(S(C)(=O)=O)nn(-c5ccc(OC)cc5)c4C3=O)cc2)CCC1. The fraction of sp³-hybridized carbons (Fsp3) is 0.370. The second kappa shape index (κ2) is 9.33. The number of benzene rings is 2. The van der Waals surface area contributed by atoms with E-state index in [2.05, 4.69) is 10.4 Å². The summed E-state index contributed by atoms with van der Waals surface area (Å²) in [6.45, 7) is 0.339. The zero-order chi connectivity index (χ0) is 26.4. The molecule has 2 aromatic carbocycles. The zero-order valence-electron chi connectivity index (χ0n) is 21.2. The van der Waals surface area contributed by atoms with Crippen LogP contribution in [0.5, 0.6) is 5.75 Å². The fourth-order valence-corrected chi connectivity index (χ4v) is 6.22. The lowest BCUT2D eigenvalue weighted by atomic mass is 9.62. The maximum atomic E-state index is 13.8. The number of carbonyl (C=O) groups excluding carboxylic acids is 2. The van der Waals surface area contributed by atoms with Gasteiger partial charge < -0.3 is 15.0 Å². The minimum absolute atomic E-state index is 0.0241. The fourth-order valence-electron chi connectivity index (χ4n) is 5.34. The Bertz CT molecular complexity index is 1460. The van der Waals surface area contributed by atoms with E-state index in [4.69, 9.17) is 4.74 Å². The second-order valence-electron chi connectivity index (χ2n) is 9.75. The molecule has 194 valence electrons. The van der Waals surface area contributed by atoms with E-state index >= 15 is 0 Å². The molecule has 2 amide bonds. The Morgan fingerprint density at radius 2 is 1.73 bits per heavy atom. The summed E-state index contributed by atoms with van der Waals surface area (Å²) in [5.74, 6) is 0.355. The van der Waals surface area contributed by atoms with Crippen molar-refractivity contribution in [3.8, 4) is 11.4 Å². The Labute approximate surface area is 216 Å². The van der Waals surface area contributed by atoms with E-state index in [1.807, 2.05) is 24.3 Å². The average Bonchev–Trinajstić information content (AvgIpc) is 3.28. The lowest BCUT2D eigenvalue weighted by Gasteiger charge is -2.42. The highest BCUT2D eigenvalue weighted by molar-refractivity contribution is 7.90. The summed E-state index contributed by atoms with van der Waals surface area (Å²) in [7, 11) is -0.428. The molecule has 5 rings (SSSR count). The van der Waals surface area contributed by atoms with Gasteiger partial charge in [0, 0.05) is 42.9 Å². The lowest BCUT2D eigenvalue weighted by Crippen LogP contribution is -2.40. The van der Waals surface area contributed by atoms with E-state index in [0.29, 0.717) is 36.4 Å². The summed E-state index contributed by atoms with van der Waals surface area (Å²) in [4.78, 5) is 27.6. The first kappa shape index (κ1) is 25.0. The first-order valence-electron chi connectivity index (χ1n) is 12.3. The molecule has 3 aromatic rings. The van der Waals surface area contributed by atoms with Crippen LogP contribution in [0, 0.1) is 0 Å². The summed E-state index contributed by atoms with van der Waals surface area (Å²) in [5.41, 5.74) is 2.91. The van der Waals surface area contributed by atoms with Gasteiger partial charge in [-0.15, -0.1) is 0 Å².